The molecule has 3 N–H and O–H groups in total. The number of ether oxygens (including phenoxy) is 1. The van der Waals surface area contributed by atoms with E-state index in [9.17, 15) is 26.4 Å². The van der Waals surface area contributed by atoms with Crippen LogP contribution in [0.4, 0.5) is 19.0 Å². The summed E-state index contributed by atoms with van der Waals surface area (Å²) >= 11 is 0. The molecule has 2 aliphatic heterocycles. The number of sulfonamides is 1. The molecule has 0 saturated carbocycles. The summed E-state index contributed by atoms with van der Waals surface area (Å²) in [7, 11) is -3.83. The number of alkyl halides is 3. The van der Waals surface area contributed by atoms with Crippen LogP contribution in [0.15, 0.2) is 47.5 Å². The number of carbonyl (C=O) groups is 1. The number of primary sulfonamides is 1. The van der Waals surface area contributed by atoms with Crippen LogP contribution in [0.2, 0.25) is 0 Å². The Morgan fingerprint density at radius 1 is 1.11 bits per heavy atom. The summed E-state index contributed by atoms with van der Waals surface area (Å²) < 4.78 is 68.5. The Hall–Kier alpha value is -2.86. The molecular formula is C23H27F3N4O4S. The quantitative estimate of drug-likeness (QED) is 0.614. The van der Waals surface area contributed by atoms with Crippen molar-refractivity contribution in [3.8, 4) is 5.75 Å². The van der Waals surface area contributed by atoms with Crippen molar-refractivity contribution in [1.29, 1.82) is 0 Å². The van der Waals surface area contributed by atoms with Crippen molar-refractivity contribution in [3.05, 3.63) is 48.2 Å². The summed E-state index contributed by atoms with van der Waals surface area (Å²) in [5.74, 6) is -0.255. The first kappa shape index (κ1) is 25.2. The highest BCUT2D eigenvalue weighted by Crippen LogP contribution is 2.40. The molecule has 0 aliphatic carbocycles. The molecule has 4 rings (SSSR count). The molecule has 0 radical (unpaired) electrons. The Morgan fingerprint density at radius 3 is 2.29 bits per heavy atom. The second-order valence-corrected chi connectivity index (χ2v) is 11.0. The Labute approximate surface area is 201 Å². The first-order valence-electron chi connectivity index (χ1n) is 11.2. The lowest BCUT2D eigenvalue weighted by atomic mass is 9.96. The molecule has 190 valence electrons. The molecule has 1 amide bonds. The number of rotatable bonds is 6. The highest BCUT2D eigenvalue weighted by Gasteiger charge is 2.44. The Morgan fingerprint density at radius 2 is 1.74 bits per heavy atom. The standard InChI is InChI=1S/C23H27F3N4O4S/c1-22(2,34-19-6-4-3-5-18(19)23(24,25)26)21(31)29-14-11-15-7-8-16(12-14)30(15)20-10-9-17(13-28-20)35(27,32)33/h3-6,9-10,13-16H,7-8,11-12H2,1-2H3,(H,29,31)(H2,27,32,33)/t14-,15+,16-. The minimum absolute atomic E-state index is 0.0647. The van der Waals surface area contributed by atoms with Gasteiger partial charge < -0.3 is 15.0 Å². The molecule has 2 fully saturated rings. The number of pyridine rings is 1. The van der Waals surface area contributed by atoms with Crippen molar-refractivity contribution in [1.82, 2.24) is 10.3 Å². The zero-order valence-electron chi connectivity index (χ0n) is 19.2. The number of amides is 1. The smallest absolute Gasteiger partial charge is 0.419 e. The monoisotopic (exact) mass is 512 g/mol. The third-order valence-corrected chi connectivity index (χ3v) is 7.39. The van der Waals surface area contributed by atoms with Crippen LogP contribution < -0.4 is 20.1 Å². The topological polar surface area (TPSA) is 115 Å². The van der Waals surface area contributed by atoms with E-state index >= 15 is 0 Å². The van der Waals surface area contributed by atoms with Crippen LogP contribution in [0.1, 0.15) is 45.1 Å². The molecule has 1 aromatic carbocycles. The van der Waals surface area contributed by atoms with Crippen LogP contribution in [-0.4, -0.2) is 43.0 Å². The molecule has 1 aromatic heterocycles. The van der Waals surface area contributed by atoms with Crippen LogP contribution >= 0.6 is 0 Å². The van der Waals surface area contributed by atoms with E-state index in [2.05, 4.69) is 15.2 Å². The Bertz CT molecular complexity index is 1190. The number of benzene rings is 1. The molecule has 2 aliphatic rings. The van der Waals surface area contributed by atoms with Crippen molar-refractivity contribution >= 4 is 21.7 Å². The van der Waals surface area contributed by atoms with Crippen molar-refractivity contribution in [3.63, 3.8) is 0 Å². The average Bonchev–Trinajstić information content (AvgIpc) is 3.03. The van der Waals surface area contributed by atoms with E-state index in [0.29, 0.717) is 18.7 Å². The number of hydrogen-bond acceptors (Lipinski definition) is 6. The molecular weight excluding hydrogens is 485 g/mol. The van der Waals surface area contributed by atoms with Gasteiger partial charge in [0.05, 0.1) is 5.56 Å². The number of nitrogens with two attached hydrogens (primary N) is 1. The number of aromatic nitrogens is 1. The molecule has 2 aromatic rings. The van der Waals surface area contributed by atoms with Gasteiger partial charge in [0, 0.05) is 24.3 Å². The van der Waals surface area contributed by atoms with E-state index in [1.54, 1.807) is 6.07 Å². The summed E-state index contributed by atoms with van der Waals surface area (Å²) in [6.45, 7) is 2.88. The highest BCUT2D eigenvalue weighted by molar-refractivity contribution is 7.89. The van der Waals surface area contributed by atoms with E-state index in [1.165, 1.54) is 44.3 Å². The van der Waals surface area contributed by atoms with Gasteiger partial charge in [0.15, 0.2) is 5.60 Å². The number of anilines is 1. The maximum absolute atomic E-state index is 13.3. The van der Waals surface area contributed by atoms with Gasteiger partial charge >= 0.3 is 6.18 Å². The fourth-order valence-corrected chi connectivity index (χ4v) is 5.29. The van der Waals surface area contributed by atoms with E-state index in [0.717, 1.165) is 18.9 Å². The number of fused-ring (bicyclic) bond motifs is 2. The van der Waals surface area contributed by atoms with Crippen LogP contribution in [0.25, 0.3) is 0 Å². The lowest BCUT2D eigenvalue weighted by Crippen LogP contribution is -2.55. The van der Waals surface area contributed by atoms with E-state index < -0.39 is 39.0 Å². The molecule has 2 bridgehead atoms. The summed E-state index contributed by atoms with van der Waals surface area (Å²) in [5.41, 5.74) is -2.46. The maximum atomic E-state index is 13.3. The SMILES string of the molecule is CC(C)(Oc1ccccc1C(F)(F)F)C(=O)N[C@H]1C[C@H]2CC[C@@H](C1)N2c1ccc(S(N)(=O)=O)cn1. The van der Waals surface area contributed by atoms with Gasteiger partial charge in [0.1, 0.15) is 16.5 Å². The molecule has 8 nitrogen and oxygen atoms in total. The van der Waals surface area contributed by atoms with Gasteiger partial charge in [-0.3, -0.25) is 4.79 Å². The van der Waals surface area contributed by atoms with Gasteiger partial charge in [0.2, 0.25) is 10.0 Å². The van der Waals surface area contributed by atoms with Crippen LogP contribution in [-0.2, 0) is 21.0 Å². The lowest BCUT2D eigenvalue weighted by molar-refractivity contribution is -0.143. The van der Waals surface area contributed by atoms with E-state index in [-0.39, 0.29) is 23.0 Å². The van der Waals surface area contributed by atoms with E-state index in [1.807, 2.05) is 0 Å². The molecule has 35 heavy (non-hydrogen) atoms. The Balaban J connectivity index is 1.42. The number of nitrogens with one attached hydrogen (secondary N) is 1. The number of hydrogen-bond donors (Lipinski definition) is 2. The summed E-state index contributed by atoms with van der Waals surface area (Å²) in [4.78, 5) is 19.4. The predicted molar refractivity (Wildman–Crippen MR) is 122 cm³/mol. The third kappa shape index (κ3) is 5.37. The van der Waals surface area contributed by atoms with Crippen LogP contribution in [0.3, 0.4) is 0 Å². The average molecular weight is 513 g/mol. The van der Waals surface area contributed by atoms with Gasteiger partial charge in [-0.25, -0.2) is 18.5 Å². The number of para-hydroxylation sites is 1. The fourth-order valence-electron chi connectivity index (χ4n) is 4.83. The molecule has 3 heterocycles. The molecule has 2 saturated heterocycles. The minimum atomic E-state index is -4.60. The third-order valence-electron chi connectivity index (χ3n) is 6.49. The molecule has 12 heteroatoms. The normalized spacial score (nSPS) is 22.7. The Kier molecular flexibility index (Phi) is 6.47. The molecule has 3 atom stereocenters. The zero-order valence-corrected chi connectivity index (χ0v) is 20.1. The van der Waals surface area contributed by atoms with Gasteiger partial charge in [-0.2, -0.15) is 13.2 Å². The minimum Gasteiger partial charge on any atom is -0.477 e. The molecule has 0 unspecified atom stereocenters. The van der Waals surface area contributed by atoms with Crippen LogP contribution in [0.5, 0.6) is 5.75 Å². The number of halogens is 3. The zero-order chi connectivity index (χ0) is 25.6. The van der Waals surface area contributed by atoms with Gasteiger partial charge in [-0.15, -0.1) is 0 Å². The fraction of sp³-hybridized carbons (Fsp3) is 0.478. The van der Waals surface area contributed by atoms with Crippen molar-refractivity contribution in [2.45, 2.75) is 74.3 Å². The first-order chi connectivity index (χ1) is 16.3. The van der Waals surface area contributed by atoms with Crippen LogP contribution in [0, 0.1) is 0 Å². The summed E-state index contributed by atoms with van der Waals surface area (Å²) in [6, 6.07) is 7.84. The van der Waals surface area contributed by atoms with Gasteiger partial charge in [0.25, 0.3) is 5.91 Å². The maximum Gasteiger partial charge on any atom is 0.419 e. The lowest BCUT2D eigenvalue weighted by Gasteiger charge is -2.41. The molecule has 0 spiro atoms. The number of piperidine rings is 1. The summed E-state index contributed by atoms with van der Waals surface area (Å²) in [6.07, 6.45) is -0.360. The largest absolute Gasteiger partial charge is 0.477 e. The van der Waals surface area contributed by atoms with Gasteiger partial charge in [-0.05, 0) is 63.8 Å². The highest BCUT2D eigenvalue weighted by atomic mass is 32.2. The number of carbonyl (C=O) groups excluding carboxylic acids is 1. The van der Waals surface area contributed by atoms with Crippen molar-refractivity contribution in [2.24, 2.45) is 5.14 Å². The second-order valence-electron chi connectivity index (χ2n) is 9.44. The van der Waals surface area contributed by atoms with E-state index in [4.69, 9.17) is 9.88 Å². The van der Waals surface area contributed by atoms with Crippen molar-refractivity contribution in [2.75, 3.05) is 4.90 Å². The first-order valence-corrected chi connectivity index (χ1v) is 12.7. The summed E-state index contributed by atoms with van der Waals surface area (Å²) in [5, 5.41) is 8.09. The van der Waals surface area contributed by atoms with Gasteiger partial charge in [-0.1, -0.05) is 12.1 Å². The van der Waals surface area contributed by atoms with Crippen molar-refractivity contribution < 1.29 is 31.1 Å². The second kappa shape index (κ2) is 8.98. The predicted octanol–water partition coefficient (Wildman–Crippen LogP) is 3.22. The number of nitrogens with zero attached hydrogens (tertiary/aromatic N) is 2.